The van der Waals surface area contributed by atoms with Crippen molar-refractivity contribution in [3.63, 3.8) is 0 Å². The van der Waals surface area contributed by atoms with Gasteiger partial charge in [-0.3, -0.25) is 4.90 Å². The summed E-state index contributed by atoms with van der Waals surface area (Å²) in [7, 11) is 0. The van der Waals surface area contributed by atoms with E-state index in [4.69, 9.17) is 0 Å². The van der Waals surface area contributed by atoms with Crippen LogP contribution in [-0.2, 0) is 6.54 Å². The van der Waals surface area contributed by atoms with Gasteiger partial charge in [-0.2, -0.15) is 0 Å². The quantitative estimate of drug-likeness (QED) is 0.861. The second-order valence-corrected chi connectivity index (χ2v) is 7.79. The molecule has 0 aromatic heterocycles. The van der Waals surface area contributed by atoms with Crippen molar-refractivity contribution in [2.24, 2.45) is 11.8 Å². The van der Waals surface area contributed by atoms with Gasteiger partial charge in [0, 0.05) is 44.7 Å². The molecule has 1 aromatic rings. The molecule has 0 radical (unpaired) electrons. The van der Waals surface area contributed by atoms with Crippen molar-refractivity contribution in [2.75, 3.05) is 26.2 Å². The Labute approximate surface area is 151 Å². The highest BCUT2D eigenvalue weighted by Gasteiger charge is 2.31. The first kappa shape index (κ1) is 18.2. The van der Waals surface area contributed by atoms with Crippen LogP contribution in [0.1, 0.15) is 32.3 Å². The first-order valence-corrected chi connectivity index (χ1v) is 9.51. The number of hydrogen-bond acceptors (Lipinski definition) is 3. The van der Waals surface area contributed by atoms with E-state index in [2.05, 4.69) is 47.5 Å². The third kappa shape index (κ3) is 4.73. The molecular weight excluding hydrogens is 314 g/mol. The lowest BCUT2D eigenvalue weighted by Gasteiger charge is -2.21. The number of amides is 2. The maximum Gasteiger partial charge on any atom is 0.317 e. The Hall–Kier alpha value is -1.59. The van der Waals surface area contributed by atoms with Gasteiger partial charge in [0.15, 0.2) is 0 Å². The molecule has 1 aromatic carbocycles. The highest BCUT2D eigenvalue weighted by Crippen LogP contribution is 2.25. The summed E-state index contributed by atoms with van der Waals surface area (Å²) in [6, 6.07) is 11.2. The maximum absolute atomic E-state index is 12.3. The lowest BCUT2D eigenvalue weighted by atomic mass is 10.0. The van der Waals surface area contributed by atoms with Crippen molar-refractivity contribution in [1.29, 1.82) is 0 Å². The van der Waals surface area contributed by atoms with Crippen LogP contribution in [0.3, 0.4) is 0 Å². The molecular formula is C20H31N3O2. The van der Waals surface area contributed by atoms with E-state index in [0.29, 0.717) is 18.5 Å². The number of urea groups is 1. The van der Waals surface area contributed by atoms with Crippen LogP contribution >= 0.6 is 0 Å². The highest BCUT2D eigenvalue weighted by atomic mass is 16.3. The Morgan fingerprint density at radius 1 is 1.32 bits per heavy atom. The van der Waals surface area contributed by atoms with Crippen LogP contribution in [-0.4, -0.2) is 59.3 Å². The van der Waals surface area contributed by atoms with Crippen molar-refractivity contribution in [2.45, 2.75) is 45.4 Å². The Kier molecular flexibility index (Phi) is 5.97. The van der Waals surface area contributed by atoms with E-state index in [-0.39, 0.29) is 18.1 Å². The molecule has 2 aliphatic heterocycles. The molecule has 3 rings (SSSR count). The molecule has 2 saturated heterocycles. The molecule has 2 aliphatic rings. The summed E-state index contributed by atoms with van der Waals surface area (Å²) in [5.74, 6) is 0.733. The molecule has 2 heterocycles. The zero-order chi connectivity index (χ0) is 17.8. The fourth-order valence-corrected chi connectivity index (χ4v) is 4.11. The van der Waals surface area contributed by atoms with Gasteiger partial charge in [0.2, 0.25) is 0 Å². The van der Waals surface area contributed by atoms with Gasteiger partial charge in [0.05, 0.1) is 6.10 Å². The molecule has 2 fully saturated rings. The molecule has 25 heavy (non-hydrogen) atoms. The van der Waals surface area contributed by atoms with Crippen LogP contribution < -0.4 is 5.32 Å². The van der Waals surface area contributed by atoms with Crippen molar-refractivity contribution in [1.82, 2.24) is 15.1 Å². The molecule has 0 unspecified atom stereocenters. The monoisotopic (exact) mass is 345 g/mol. The number of rotatable bonds is 5. The Bertz CT molecular complexity index is 563. The molecule has 0 spiro atoms. The van der Waals surface area contributed by atoms with E-state index >= 15 is 0 Å². The summed E-state index contributed by atoms with van der Waals surface area (Å²) in [6.45, 7) is 8.27. The fraction of sp³-hybridized carbons (Fsp3) is 0.650. The van der Waals surface area contributed by atoms with E-state index in [0.717, 1.165) is 39.0 Å². The molecule has 138 valence electrons. The number of carbonyl (C=O) groups excluding carboxylic acids is 1. The van der Waals surface area contributed by atoms with Gasteiger partial charge in [0.25, 0.3) is 0 Å². The standard InChI is InChI=1S/C20H31N3O2/c1-15-10-18(13-23(15)12-17-6-4-3-5-7-17)11-21-20(25)22-9-8-19(14-22)16(2)24/h3-7,15-16,18-19,24H,8-14H2,1-2H3,(H,21,25)/t15-,16+,18-,19-/m1/s1. The van der Waals surface area contributed by atoms with Crippen LogP contribution in [0.25, 0.3) is 0 Å². The van der Waals surface area contributed by atoms with Gasteiger partial charge in [-0.25, -0.2) is 4.79 Å². The highest BCUT2D eigenvalue weighted by molar-refractivity contribution is 5.74. The average Bonchev–Trinajstić information content (AvgIpc) is 3.21. The molecule has 5 heteroatoms. The van der Waals surface area contributed by atoms with Crippen LogP contribution in [0, 0.1) is 11.8 Å². The van der Waals surface area contributed by atoms with Crippen LogP contribution in [0.4, 0.5) is 4.79 Å². The minimum absolute atomic E-state index is 0.0253. The molecule has 4 atom stereocenters. The van der Waals surface area contributed by atoms with Crippen LogP contribution in [0.15, 0.2) is 30.3 Å². The van der Waals surface area contributed by atoms with Gasteiger partial charge in [-0.1, -0.05) is 30.3 Å². The number of nitrogens with one attached hydrogen (secondary N) is 1. The van der Waals surface area contributed by atoms with Crippen molar-refractivity contribution in [3.8, 4) is 0 Å². The zero-order valence-corrected chi connectivity index (χ0v) is 15.4. The zero-order valence-electron chi connectivity index (χ0n) is 15.4. The fourth-order valence-electron chi connectivity index (χ4n) is 4.11. The Morgan fingerprint density at radius 2 is 2.08 bits per heavy atom. The number of aliphatic hydroxyl groups is 1. The number of nitrogens with zero attached hydrogens (tertiary/aromatic N) is 2. The summed E-state index contributed by atoms with van der Waals surface area (Å²) < 4.78 is 0. The van der Waals surface area contributed by atoms with Gasteiger partial charge in [-0.15, -0.1) is 0 Å². The number of likely N-dealkylation sites (tertiary alicyclic amines) is 2. The molecule has 0 bridgehead atoms. The first-order chi connectivity index (χ1) is 12.0. The third-order valence-electron chi connectivity index (χ3n) is 5.76. The second kappa shape index (κ2) is 8.19. The summed E-state index contributed by atoms with van der Waals surface area (Å²) in [5, 5.41) is 12.8. The molecule has 5 nitrogen and oxygen atoms in total. The predicted octanol–water partition coefficient (Wildman–Crippen LogP) is 2.31. The lowest BCUT2D eigenvalue weighted by molar-refractivity contribution is 0.129. The second-order valence-electron chi connectivity index (χ2n) is 7.79. The number of benzene rings is 1. The summed E-state index contributed by atoms with van der Waals surface area (Å²) in [6.07, 6.45) is 1.69. The Morgan fingerprint density at radius 3 is 2.76 bits per heavy atom. The molecule has 2 N–H and O–H groups in total. The lowest BCUT2D eigenvalue weighted by Crippen LogP contribution is -2.41. The molecule has 0 aliphatic carbocycles. The summed E-state index contributed by atoms with van der Waals surface area (Å²) >= 11 is 0. The molecule has 0 saturated carbocycles. The van der Waals surface area contributed by atoms with E-state index in [1.807, 2.05) is 11.8 Å². The average molecular weight is 345 g/mol. The molecule has 2 amide bonds. The minimum Gasteiger partial charge on any atom is -0.393 e. The van der Waals surface area contributed by atoms with Crippen LogP contribution in [0.2, 0.25) is 0 Å². The number of aliphatic hydroxyl groups excluding tert-OH is 1. The smallest absolute Gasteiger partial charge is 0.317 e. The predicted molar refractivity (Wildman–Crippen MR) is 99.2 cm³/mol. The largest absolute Gasteiger partial charge is 0.393 e. The SMILES string of the molecule is C[C@H](O)[C@@H]1CCN(C(=O)NC[C@H]2C[C@@H](C)N(Cc3ccccc3)C2)C1. The summed E-state index contributed by atoms with van der Waals surface area (Å²) in [5.41, 5.74) is 1.35. The van der Waals surface area contributed by atoms with E-state index in [1.54, 1.807) is 0 Å². The maximum atomic E-state index is 12.3. The van der Waals surface area contributed by atoms with E-state index in [1.165, 1.54) is 5.56 Å². The number of carbonyl (C=O) groups is 1. The van der Waals surface area contributed by atoms with Gasteiger partial charge in [0.1, 0.15) is 0 Å². The minimum atomic E-state index is -0.333. The normalized spacial score (nSPS) is 28.3. The van der Waals surface area contributed by atoms with Gasteiger partial charge >= 0.3 is 6.03 Å². The van der Waals surface area contributed by atoms with Crippen molar-refractivity contribution >= 4 is 6.03 Å². The van der Waals surface area contributed by atoms with Crippen molar-refractivity contribution in [3.05, 3.63) is 35.9 Å². The van der Waals surface area contributed by atoms with Crippen LogP contribution in [0.5, 0.6) is 0 Å². The van der Waals surface area contributed by atoms with E-state index in [9.17, 15) is 9.90 Å². The third-order valence-corrected chi connectivity index (χ3v) is 5.76. The first-order valence-electron chi connectivity index (χ1n) is 9.51. The van der Waals surface area contributed by atoms with E-state index < -0.39 is 0 Å². The van der Waals surface area contributed by atoms with Gasteiger partial charge < -0.3 is 15.3 Å². The summed E-state index contributed by atoms with van der Waals surface area (Å²) in [4.78, 5) is 16.7. The van der Waals surface area contributed by atoms with Gasteiger partial charge in [-0.05, 0) is 38.2 Å². The number of hydrogen-bond donors (Lipinski definition) is 2. The van der Waals surface area contributed by atoms with Crippen molar-refractivity contribution < 1.29 is 9.90 Å². The Balaban J connectivity index is 1.43. The topological polar surface area (TPSA) is 55.8 Å².